The van der Waals surface area contributed by atoms with Gasteiger partial charge in [-0.1, -0.05) is 13.2 Å². The van der Waals surface area contributed by atoms with Gasteiger partial charge in [0.25, 0.3) is 0 Å². The molecule has 45 heavy (non-hydrogen) atoms. The molecule has 236 valence electrons. The molecular formula is C35H36O10. The lowest BCUT2D eigenvalue weighted by molar-refractivity contribution is -0.142. The van der Waals surface area contributed by atoms with Crippen LogP contribution in [0.1, 0.15) is 52.5 Å². The molecule has 0 saturated heterocycles. The summed E-state index contributed by atoms with van der Waals surface area (Å²) in [6, 6.07) is 17.7. The van der Waals surface area contributed by atoms with Crippen LogP contribution < -0.4 is 18.9 Å². The molecule has 1 unspecified atom stereocenters. The minimum atomic E-state index is -0.558. The van der Waals surface area contributed by atoms with Gasteiger partial charge < -0.3 is 28.4 Å². The second-order valence-electron chi connectivity index (χ2n) is 9.77. The van der Waals surface area contributed by atoms with E-state index in [0.29, 0.717) is 78.8 Å². The summed E-state index contributed by atoms with van der Waals surface area (Å²) in [5.41, 5.74) is 1.26. The Hall–Kier alpha value is -5.38. The smallest absolute Gasteiger partial charge is 0.343 e. The lowest BCUT2D eigenvalue weighted by atomic mass is 10.2. The normalized spacial score (nSPS) is 11.0. The zero-order valence-electron chi connectivity index (χ0n) is 25.3. The first kappa shape index (κ1) is 34.1. The van der Waals surface area contributed by atoms with Crippen LogP contribution >= 0.6 is 0 Å². The monoisotopic (exact) mass is 616 g/mol. The van der Waals surface area contributed by atoms with E-state index in [4.69, 9.17) is 28.4 Å². The van der Waals surface area contributed by atoms with Crippen molar-refractivity contribution in [2.45, 2.75) is 39.2 Å². The number of rotatable bonds is 17. The summed E-state index contributed by atoms with van der Waals surface area (Å²) in [5, 5.41) is 0. The second kappa shape index (κ2) is 17.7. The third kappa shape index (κ3) is 11.7. The molecule has 0 fully saturated rings. The van der Waals surface area contributed by atoms with E-state index in [1.807, 2.05) is 0 Å². The Kier molecular flexibility index (Phi) is 13.4. The Morgan fingerprint density at radius 3 is 1.80 bits per heavy atom. The molecule has 0 aliphatic carbocycles. The fraction of sp³-hybridized carbons (Fsp3) is 0.257. The molecule has 0 amide bonds. The molecule has 3 rings (SSSR count). The van der Waals surface area contributed by atoms with E-state index in [9.17, 15) is 19.2 Å². The lowest BCUT2D eigenvalue weighted by Gasteiger charge is -2.13. The first-order valence-electron chi connectivity index (χ1n) is 14.3. The molecule has 0 aliphatic heterocycles. The largest absolute Gasteiger partial charge is 0.494 e. The fourth-order valence-corrected chi connectivity index (χ4v) is 3.77. The summed E-state index contributed by atoms with van der Waals surface area (Å²) in [6.07, 6.45) is 3.76. The van der Waals surface area contributed by atoms with Gasteiger partial charge in [-0.05, 0) is 99.0 Å². The predicted molar refractivity (Wildman–Crippen MR) is 166 cm³/mol. The summed E-state index contributed by atoms with van der Waals surface area (Å²) in [4.78, 5) is 47.6. The van der Waals surface area contributed by atoms with Gasteiger partial charge in [0.05, 0.1) is 30.9 Å². The van der Waals surface area contributed by atoms with E-state index in [-0.39, 0.29) is 6.10 Å². The van der Waals surface area contributed by atoms with E-state index in [2.05, 4.69) is 13.2 Å². The van der Waals surface area contributed by atoms with Gasteiger partial charge in [-0.25, -0.2) is 19.2 Å². The van der Waals surface area contributed by atoms with Crippen molar-refractivity contribution in [2.24, 2.45) is 0 Å². The van der Waals surface area contributed by atoms with Crippen LogP contribution in [0.25, 0.3) is 0 Å². The standard InChI is InChI=1S/C35H36O10/c1-5-32(36)42-21-8-7-20-40-28-13-9-26(10-14-28)34(38)44-30-17-18-31(24(3)23-30)45-35(39)27-11-15-29(16-12-27)41-22-19-25(4)43-33(37)6-2/h5-6,9-18,23,25H,1-2,7-8,19-22H2,3-4H3. The van der Waals surface area contributed by atoms with Crippen molar-refractivity contribution in [2.75, 3.05) is 19.8 Å². The highest BCUT2D eigenvalue weighted by Crippen LogP contribution is 2.26. The van der Waals surface area contributed by atoms with Crippen molar-refractivity contribution >= 4 is 23.9 Å². The highest BCUT2D eigenvalue weighted by atomic mass is 16.6. The van der Waals surface area contributed by atoms with Crippen LogP contribution in [0.15, 0.2) is 92.0 Å². The number of hydrogen-bond acceptors (Lipinski definition) is 10. The summed E-state index contributed by atoms with van der Waals surface area (Å²) >= 11 is 0. The van der Waals surface area contributed by atoms with E-state index in [1.165, 1.54) is 0 Å². The molecule has 3 aromatic carbocycles. The molecule has 0 spiro atoms. The van der Waals surface area contributed by atoms with Gasteiger partial charge in [0, 0.05) is 18.6 Å². The Balaban J connectivity index is 1.44. The zero-order chi connectivity index (χ0) is 32.6. The highest BCUT2D eigenvalue weighted by molar-refractivity contribution is 5.92. The quantitative estimate of drug-likeness (QED) is 0.0749. The van der Waals surface area contributed by atoms with Crippen molar-refractivity contribution in [1.29, 1.82) is 0 Å². The SMILES string of the molecule is C=CC(=O)OCCCCOc1ccc(C(=O)Oc2ccc(OC(=O)c3ccc(OCCC(C)OC(=O)C=C)cc3)c(C)c2)cc1. The topological polar surface area (TPSA) is 124 Å². The number of carbonyl (C=O) groups excluding carboxylic acids is 4. The van der Waals surface area contributed by atoms with Gasteiger partial charge in [-0.3, -0.25) is 0 Å². The molecule has 0 aliphatic rings. The summed E-state index contributed by atoms with van der Waals surface area (Å²) < 4.78 is 32.3. The average Bonchev–Trinajstić information content (AvgIpc) is 3.04. The third-order valence-electron chi connectivity index (χ3n) is 6.24. The van der Waals surface area contributed by atoms with Crippen LogP contribution in [0.4, 0.5) is 0 Å². The van der Waals surface area contributed by atoms with Crippen LogP contribution in [0.2, 0.25) is 0 Å². The summed E-state index contributed by atoms with van der Waals surface area (Å²) in [7, 11) is 0. The molecule has 0 bridgehead atoms. The average molecular weight is 617 g/mol. The number of benzene rings is 3. The minimum absolute atomic E-state index is 0.296. The van der Waals surface area contributed by atoms with Gasteiger partial charge in [0.2, 0.25) is 0 Å². The van der Waals surface area contributed by atoms with Crippen LogP contribution in [-0.4, -0.2) is 49.8 Å². The van der Waals surface area contributed by atoms with E-state index >= 15 is 0 Å². The highest BCUT2D eigenvalue weighted by Gasteiger charge is 2.14. The van der Waals surface area contributed by atoms with Crippen LogP contribution in [-0.2, 0) is 19.1 Å². The Morgan fingerprint density at radius 1 is 0.689 bits per heavy atom. The van der Waals surface area contributed by atoms with E-state index in [0.717, 1.165) is 12.2 Å². The lowest BCUT2D eigenvalue weighted by Crippen LogP contribution is -2.16. The van der Waals surface area contributed by atoms with Gasteiger partial charge >= 0.3 is 23.9 Å². The molecule has 1 atom stereocenters. The molecule has 0 saturated carbocycles. The third-order valence-corrected chi connectivity index (χ3v) is 6.24. The molecular weight excluding hydrogens is 580 g/mol. The number of ether oxygens (including phenoxy) is 6. The van der Waals surface area contributed by atoms with Crippen LogP contribution in [0, 0.1) is 6.92 Å². The van der Waals surface area contributed by atoms with Crippen molar-refractivity contribution < 1.29 is 47.6 Å². The Morgan fingerprint density at radius 2 is 1.22 bits per heavy atom. The summed E-state index contributed by atoms with van der Waals surface area (Å²) in [5.74, 6) is -0.277. The molecule has 10 nitrogen and oxygen atoms in total. The molecule has 0 heterocycles. The molecule has 0 aromatic heterocycles. The maximum Gasteiger partial charge on any atom is 0.343 e. The van der Waals surface area contributed by atoms with Gasteiger partial charge in [-0.15, -0.1) is 0 Å². The Bertz CT molecular complexity index is 1480. The van der Waals surface area contributed by atoms with Gasteiger partial charge in [0.15, 0.2) is 0 Å². The first-order valence-corrected chi connectivity index (χ1v) is 14.3. The maximum absolute atomic E-state index is 12.7. The molecule has 10 heteroatoms. The van der Waals surface area contributed by atoms with E-state index in [1.54, 1.807) is 80.6 Å². The first-order chi connectivity index (χ1) is 21.7. The van der Waals surface area contributed by atoms with Crippen molar-refractivity contribution in [1.82, 2.24) is 0 Å². The van der Waals surface area contributed by atoms with Gasteiger partial charge in [0.1, 0.15) is 29.1 Å². The Labute approximate surface area is 262 Å². The number of aryl methyl sites for hydroxylation is 1. The van der Waals surface area contributed by atoms with Crippen molar-refractivity contribution in [3.63, 3.8) is 0 Å². The zero-order valence-corrected chi connectivity index (χ0v) is 25.3. The molecule has 0 radical (unpaired) electrons. The minimum Gasteiger partial charge on any atom is -0.494 e. The van der Waals surface area contributed by atoms with Crippen LogP contribution in [0.3, 0.4) is 0 Å². The molecule has 3 aromatic rings. The number of hydrogen-bond donors (Lipinski definition) is 0. The number of esters is 4. The van der Waals surface area contributed by atoms with Crippen LogP contribution in [0.5, 0.6) is 23.0 Å². The second-order valence-corrected chi connectivity index (χ2v) is 9.77. The van der Waals surface area contributed by atoms with Crippen molar-refractivity contribution in [3.05, 3.63) is 109 Å². The number of unbranched alkanes of at least 4 members (excludes halogenated alkanes) is 1. The number of carbonyl (C=O) groups is 4. The van der Waals surface area contributed by atoms with Gasteiger partial charge in [-0.2, -0.15) is 0 Å². The van der Waals surface area contributed by atoms with Crippen molar-refractivity contribution in [3.8, 4) is 23.0 Å². The summed E-state index contributed by atoms with van der Waals surface area (Å²) in [6.45, 7) is 11.3. The molecule has 0 N–H and O–H groups in total. The predicted octanol–water partition coefficient (Wildman–Crippen LogP) is 6.21. The van der Waals surface area contributed by atoms with E-state index < -0.39 is 23.9 Å². The fourth-order valence-electron chi connectivity index (χ4n) is 3.77. The maximum atomic E-state index is 12.7.